The van der Waals surface area contributed by atoms with Crippen molar-refractivity contribution in [2.45, 2.75) is 63.3 Å². The van der Waals surface area contributed by atoms with Gasteiger partial charge in [0, 0.05) is 24.1 Å². The standard InChI is InChI=1S/C27H30O13/c1-2-3-4-5-19(32)37-11-18-21(33)23(35)24(36)27(39-18)40-26-22(34)20-16(31)9-13(28)10-17(20)38-25(26)12-6-7-14(29)15(30)8-12/h6-10,18,21,23-24,27-31,33,35-36H,2-5,11H2,1H3/t18-,21-,23+,24-,27+/m1/s1. The molecule has 5 atom stereocenters. The van der Waals surface area contributed by atoms with Crippen LogP contribution in [0.15, 0.2) is 39.5 Å². The molecule has 0 spiro atoms. The zero-order chi connectivity index (χ0) is 29.1. The van der Waals surface area contributed by atoms with E-state index >= 15 is 0 Å². The number of unbranched alkanes of at least 4 members (excludes halogenated alkanes) is 2. The Labute approximate surface area is 227 Å². The van der Waals surface area contributed by atoms with E-state index in [0.717, 1.165) is 37.1 Å². The summed E-state index contributed by atoms with van der Waals surface area (Å²) in [4.78, 5) is 25.5. The van der Waals surface area contributed by atoms with Gasteiger partial charge in [-0.1, -0.05) is 19.8 Å². The highest BCUT2D eigenvalue weighted by molar-refractivity contribution is 5.88. The van der Waals surface area contributed by atoms with Gasteiger partial charge in [0.1, 0.15) is 53.5 Å². The van der Waals surface area contributed by atoms with Gasteiger partial charge < -0.3 is 54.4 Å². The highest BCUT2D eigenvalue weighted by Gasteiger charge is 2.46. The summed E-state index contributed by atoms with van der Waals surface area (Å²) >= 11 is 0. The first-order valence-corrected chi connectivity index (χ1v) is 12.6. The zero-order valence-corrected chi connectivity index (χ0v) is 21.4. The Morgan fingerprint density at radius 3 is 2.38 bits per heavy atom. The molecule has 2 heterocycles. The molecule has 0 bridgehead atoms. The van der Waals surface area contributed by atoms with Crippen LogP contribution in [0.25, 0.3) is 22.3 Å². The van der Waals surface area contributed by atoms with Crippen molar-refractivity contribution in [2.75, 3.05) is 6.61 Å². The van der Waals surface area contributed by atoms with Crippen molar-refractivity contribution in [1.82, 2.24) is 0 Å². The lowest BCUT2D eigenvalue weighted by Crippen LogP contribution is -2.60. The van der Waals surface area contributed by atoms with Crippen LogP contribution >= 0.6 is 0 Å². The average molecular weight is 563 g/mol. The quantitative estimate of drug-likeness (QED) is 0.112. The van der Waals surface area contributed by atoms with Crippen molar-refractivity contribution >= 4 is 16.9 Å². The fourth-order valence-corrected chi connectivity index (χ4v) is 4.26. The van der Waals surface area contributed by atoms with Crippen LogP contribution in [0.2, 0.25) is 0 Å². The van der Waals surface area contributed by atoms with E-state index in [4.69, 9.17) is 18.6 Å². The number of benzene rings is 2. The lowest BCUT2D eigenvalue weighted by molar-refractivity contribution is -0.278. The highest BCUT2D eigenvalue weighted by atomic mass is 16.7. The molecule has 13 heteroatoms. The molecule has 3 aromatic rings. The molecule has 216 valence electrons. The zero-order valence-electron chi connectivity index (χ0n) is 21.4. The molecule has 1 saturated heterocycles. The van der Waals surface area contributed by atoms with Crippen LogP contribution in [0.1, 0.15) is 32.6 Å². The Bertz CT molecular complexity index is 1430. The molecule has 2 aromatic carbocycles. The maximum atomic E-state index is 13.5. The smallest absolute Gasteiger partial charge is 0.305 e. The summed E-state index contributed by atoms with van der Waals surface area (Å²) in [5.74, 6) is -3.66. The minimum Gasteiger partial charge on any atom is -0.508 e. The topological polar surface area (TPSA) is 217 Å². The number of aromatic hydroxyl groups is 4. The lowest BCUT2D eigenvalue weighted by atomic mass is 9.99. The maximum absolute atomic E-state index is 13.5. The largest absolute Gasteiger partial charge is 0.508 e. The Balaban J connectivity index is 1.70. The number of phenolic OH excluding ortho intramolecular Hbond substituents is 4. The summed E-state index contributed by atoms with van der Waals surface area (Å²) in [7, 11) is 0. The molecule has 0 aliphatic carbocycles. The lowest BCUT2D eigenvalue weighted by Gasteiger charge is -2.39. The third-order valence-corrected chi connectivity index (χ3v) is 6.45. The third kappa shape index (κ3) is 5.92. The molecule has 1 fully saturated rings. The van der Waals surface area contributed by atoms with Gasteiger partial charge in [-0.15, -0.1) is 0 Å². The van der Waals surface area contributed by atoms with Crippen LogP contribution in [0, 0.1) is 0 Å². The van der Waals surface area contributed by atoms with E-state index in [0.29, 0.717) is 6.42 Å². The fourth-order valence-electron chi connectivity index (χ4n) is 4.26. The number of ether oxygens (including phenoxy) is 3. The van der Waals surface area contributed by atoms with Crippen molar-refractivity contribution < 1.29 is 59.2 Å². The normalized spacial score (nSPS) is 22.8. The monoisotopic (exact) mass is 562 g/mol. The van der Waals surface area contributed by atoms with Crippen molar-refractivity contribution in [1.29, 1.82) is 0 Å². The second kappa shape index (κ2) is 12.0. The van der Waals surface area contributed by atoms with Crippen molar-refractivity contribution in [3.05, 3.63) is 40.6 Å². The van der Waals surface area contributed by atoms with E-state index < -0.39 is 82.8 Å². The number of hydrogen-bond donors (Lipinski definition) is 7. The number of aliphatic hydroxyl groups excluding tert-OH is 3. The van der Waals surface area contributed by atoms with Crippen LogP contribution in [0.4, 0.5) is 0 Å². The Kier molecular flexibility index (Phi) is 8.69. The van der Waals surface area contributed by atoms with Gasteiger partial charge in [-0.2, -0.15) is 0 Å². The van der Waals surface area contributed by atoms with E-state index in [1.807, 2.05) is 6.92 Å². The van der Waals surface area contributed by atoms with Crippen LogP contribution < -0.4 is 10.2 Å². The number of carbonyl (C=O) groups is 1. The molecular formula is C27H30O13. The third-order valence-electron chi connectivity index (χ3n) is 6.45. The Hall–Kier alpha value is -4.04. The number of aliphatic hydroxyl groups is 3. The van der Waals surface area contributed by atoms with Gasteiger partial charge in [0.25, 0.3) is 0 Å². The molecule has 40 heavy (non-hydrogen) atoms. The van der Waals surface area contributed by atoms with Crippen LogP contribution in [-0.2, 0) is 14.3 Å². The van der Waals surface area contributed by atoms with Gasteiger partial charge in [-0.25, -0.2) is 0 Å². The second-order valence-corrected chi connectivity index (χ2v) is 9.40. The number of phenols is 4. The first-order valence-electron chi connectivity index (χ1n) is 12.6. The van der Waals surface area contributed by atoms with Crippen molar-refractivity contribution in [2.24, 2.45) is 0 Å². The summed E-state index contributed by atoms with van der Waals surface area (Å²) in [6.45, 7) is 1.49. The minimum atomic E-state index is -1.89. The van der Waals surface area contributed by atoms with Crippen LogP contribution in [0.3, 0.4) is 0 Å². The van der Waals surface area contributed by atoms with Crippen molar-refractivity contribution in [3.63, 3.8) is 0 Å². The van der Waals surface area contributed by atoms with Gasteiger partial charge in [0.05, 0.1) is 0 Å². The number of rotatable bonds is 9. The maximum Gasteiger partial charge on any atom is 0.305 e. The summed E-state index contributed by atoms with van der Waals surface area (Å²) in [6.07, 6.45) is -6.08. The molecule has 0 saturated carbocycles. The van der Waals surface area contributed by atoms with Crippen LogP contribution in [0.5, 0.6) is 28.7 Å². The summed E-state index contributed by atoms with van der Waals surface area (Å²) in [6, 6.07) is 5.38. The fraction of sp³-hybridized carbons (Fsp3) is 0.407. The molecular weight excluding hydrogens is 532 g/mol. The molecule has 0 amide bonds. The average Bonchev–Trinajstić information content (AvgIpc) is 2.90. The van der Waals surface area contributed by atoms with Crippen molar-refractivity contribution in [3.8, 4) is 40.1 Å². The molecule has 7 N–H and O–H groups in total. The van der Waals surface area contributed by atoms with E-state index in [9.17, 15) is 45.3 Å². The number of hydrogen-bond acceptors (Lipinski definition) is 13. The summed E-state index contributed by atoms with van der Waals surface area (Å²) < 4.78 is 22.1. The first kappa shape index (κ1) is 29.0. The second-order valence-electron chi connectivity index (χ2n) is 9.40. The molecule has 13 nitrogen and oxygen atoms in total. The predicted molar refractivity (Wildman–Crippen MR) is 137 cm³/mol. The molecule has 1 aromatic heterocycles. The minimum absolute atomic E-state index is 0.00979. The molecule has 0 unspecified atom stereocenters. The highest BCUT2D eigenvalue weighted by Crippen LogP contribution is 2.39. The number of fused-ring (bicyclic) bond motifs is 1. The SMILES string of the molecule is CCCCCC(=O)OC[C@H]1O[C@@H](Oc2c(-c3ccc(O)c(O)c3)oc3cc(O)cc(O)c3c2=O)[C@H](O)[C@@H](O)[C@@H]1O. The number of carbonyl (C=O) groups excluding carboxylic acids is 1. The number of esters is 1. The Morgan fingerprint density at radius 2 is 1.68 bits per heavy atom. The summed E-state index contributed by atoms with van der Waals surface area (Å²) in [5.41, 5.74) is -1.22. The molecule has 1 aliphatic rings. The van der Waals surface area contributed by atoms with E-state index in [1.54, 1.807) is 0 Å². The van der Waals surface area contributed by atoms with E-state index in [1.165, 1.54) is 6.07 Å². The van der Waals surface area contributed by atoms with E-state index in [-0.39, 0.29) is 23.3 Å². The Morgan fingerprint density at radius 1 is 0.925 bits per heavy atom. The van der Waals surface area contributed by atoms with Crippen LogP contribution in [-0.4, -0.2) is 79.0 Å². The van der Waals surface area contributed by atoms with E-state index in [2.05, 4.69) is 0 Å². The summed E-state index contributed by atoms with van der Waals surface area (Å²) in [5, 5.41) is 70.9. The van der Waals surface area contributed by atoms with Gasteiger partial charge in [-0.3, -0.25) is 9.59 Å². The van der Waals surface area contributed by atoms with Gasteiger partial charge >= 0.3 is 5.97 Å². The molecule has 4 rings (SSSR count). The van der Waals surface area contributed by atoms with Gasteiger partial charge in [0.15, 0.2) is 17.3 Å². The van der Waals surface area contributed by atoms with Gasteiger partial charge in [-0.05, 0) is 24.6 Å². The van der Waals surface area contributed by atoms with Gasteiger partial charge in [0.2, 0.25) is 17.5 Å². The molecule has 1 aliphatic heterocycles. The first-order chi connectivity index (χ1) is 19.0. The molecule has 0 radical (unpaired) electrons. The predicted octanol–water partition coefficient (Wildman–Crippen LogP) is 1.59.